The van der Waals surface area contributed by atoms with Crippen molar-refractivity contribution >= 4 is 11.7 Å². The van der Waals surface area contributed by atoms with E-state index in [2.05, 4.69) is 36.1 Å². The number of carbonyl (C=O) groups excluding carboxylic acids is 2. The molecule has 1 aliphatic heterocycles. The maximum atomic E-state index is 12.5. The van der Waals surface area contributed by atoms with Gasteiger partial charge in [-0.1, -0.05) is 29.8 Å². The van der Waals surface area contributed by atoms with E-state index in [9.17, 15) is 9.59 Å². The van der Waals surface area contributed by atoms with Gasteiger partial charge in [0.05, 0.1) is 7.11 Å². The normalized spacial score (nSPS) is 14.6. The first-order valence-electron chi connectivity index (χ1n) is 10.3. The van der Waals surface area contributed by atoms with E-state index in [1.165, 1.54) is 11.1 Å². The summed E-state index contributed by atoms with van der Waals surface area (Å²) in [6.07, 6.45) is 1.42. The van der Waals surface area contributed by atoms with Crippen molar-refractivity contribution in [3.63, 3.8) is 0 Å². The van der Waals surface area contributed by atoms with Crippen LogP contribution < -0.4 is 4.74 Å². The maximum absolute atomic E-state index is 12.5. The molecule has 0 radical (unpaired) electrons. The molecule has 0 unspecified atom stereocenters. The molecule has 0 N–H and O–H groups in total. The fraction of sp³-hybridized carbons (Fsp3) is 0.417. The highest BCUT2D eigenvalue weighted by molar-refractivity contribution is 5.96. The molecular formula is C24H30N2O3. The number of benzene rings is 2. The zero-order valence-corrected chi connectivity index (χ0v) is 17.4. The van der Waals surface area contributed by atoms with Crippen LogP contribution in [0.5, 0.6) is 5.75 Å². The summed E-state index contributed by atoms with van der Waals surface area (Å²) >= 11 is 0. The number of ketones is 1. The number of hydrogen-bond donors (Lipinski definition) is 0. The number of methoxy groups -OCH3 is 1. The highest BCUT2D eigenvalue weighted by Gasteiger charge is 2.21. The molecule has 5 heteroatoms. The second-order valence-electron chi connectivity index (χ2n) is 7.65. The molecule has 1 amide bonds. The second-order valence-corrected chi connectivity index (χ2v) is 7.65. The van der Waals surface area contributed by atoms with Crippen LogP contribution in [0.25, 0.3) is 0 Å². The first kappa shape index (κ1) is 21.1. The van der Waals surface area contributed by atoms with Gasteiger partial charge in [-0.25, -0.2) is 0 Å². The molecular weight excluding hydrogens is 364 g/mol. The smallest absolute Gasteiger partial charge is 0.222 e. The molecule has 0 atom stereocenters. The summed E-state index contributed by atoms with van der Waals surface area (Å²) < 4.78 is 5.11. The quantitative estimate of drug-likeness (QED) is 0.641. The molecule has 5 nitrogen and oxygen atoms in total. The van der Waals surface area contributed by atoms with Gasteiger partial charge in [-0.3, -0.25) is 14.5 Å². The SMILES string of the molecule is COc1ccc(C(=O)CCCC(=O)N2CCN(Cc3cccc(C)c3)CC2)cc1. The first-order chi connectivity index (χ1) is 14.0. The number of hydrogen-bond acceptors (Lipinski definition) is 4. The maximum Gasteiger partial charge on any atom is 0.222 e. The van der Waals surface area contributed by atoms with Gasteiger partial charge in [0.1, 0.15) is 5.75 Å². The Balaban J connectivity index is 1.37. The highest BCUT2D eigenvalue weighted by atomic mass is 16.5. The fourth-order valence-corrected chi connectivity index (χ4v) is 3.70. The lowest BCUT2D eigenvalue weighted by molar-refractivity contribution is -0.133. The van der Waals surface area contributed by atoms with E-state index in [4.69, 9.17) is 4.74 Å². The molecule has 3 rings (SSSR count). The molecule has 2 aromatic carbocycles. The standard InChI is InChI=1S/C24H30N2O3/c1-19-5-3-6-20(17-19)18-25-13-15-26(16-14-25)24(28)8-4-7-23(27)21-9-11-22(29-2)12-10-21/h3,5-6,9-12,17H,4,7-8,13-16,18H2,1-2H3. The third-order valence-electron chi connectivity index (χ3n) is 5.42. The summed E-state index contributed by atoms with van der Waals surface area (Å²) in [5, 5.41) is 0. The van der Waals surface area contributed by atoms with Crippen molar-refractivity contribution in [2.45, 2.75) is 32.7 Å². The Bertz CT molecular complexity index is 824. The molecule has 2 aromatic rings. The van der Waals surface area contributed by atoms with Gasteiger partial charge in [-0.2, -0.15) is 0 Å². The molecule has 0 aliphatic carbocycles. The Kier molecular flexibility index (Phi) is 7.42. The van der Waals surface area contributed by atoms with E-state index >= 15 is 0 Å². The monoisotopic (exact) mass is 394 g/mol. The van der Waals surface area contributed by atoms with Crippen LogP contribution in [0.15, 0.2) is 48.5 Å². The average molecular weight is 395 g/mol. The number of Topliss-reactive ketones (excluding diaryl/α,β-unsaturated/α-hetero) is 1. The van der Waals surface area contributed by atoms with Crippen LogP contribution in [0.1, 0.15) is 40.7 Å². The number of carbonyl (C=O) groups is 2. The van der Waals surface area contributed by atoms with Gasteiger partial charge in [-0.05, 0) is 43.2 Å². The fourth-order valence-electron chi connectivity index (χ4n) is 3.70. The van der Waals surface area contributed by atoms with Crippen LogP contribution in [0.3, 0.4) is 0 Å². The lowest BCUT2D eigenvalue weighted by Gasteiger charge is -2.35. The summed E-state index contributed by atoms with van der Waals surface area (Å²) in [6, 6.07) is 15.7. The average Bonchev–Trinajstić information content (AvgIpc) is 2.74. The van der Waals surface area contributed by atoms with Gasteiger partial charge in [0.15, 0.2) is 5.78 Å². The summed E-state index contributed by atoms with van der Waals surface area (Å²) in [5.41, 5.74) is 3.27. The lowest BCUT2D eigenvalue weighted by atomic mass is 10.0. The minimum Gasteiger partial charge on any atom is -0.497 e. The predicted molar refractivity (Wildman–Crippen MR) is 114 cm³/mol. The minimum atomic E-state index is 0.0726. The van der Waals surface area contributed by atoms with E-state index in [-0.39, 0.29) is 11.7 Å². The Morgan fingerprint density at radius 2 is 1.69 bits per heavy atom. The Morgan fingerprint density at radius 1 is 0.966 bits per heavy atom. The van der Waals surface area contributed by atoms with E-state index in [0.717, 1.165) is 38.5 Å². The van der Waals surface area contributed by atoms with E-state index in [0.29, 0.717) is 24.8 Å². The molecule has 0 spiro atoms. The Labute approximate surface area is 173 Å². The van der Waals surface area contributed by atoms with Crippen molar-refractivity contribution in [1.29, 1.82) is 0 Å². The zero-order valence-electron chi connectivity index (χ0n) is 17.4. The molecule has 0 saturated carbocycles. The minimum absolute atomic E-state index is 0.0726. The number of aryl methyl sites for hydroxylation is 1. The van der Waals surface area contributed by atoms with Crippen LogP contribution in [0.2, 0.25) is 0 Å². The van der Waals surface area contributed by atoms with Crippen LogP contribution in [0, 0.1) is 6.92 Å². The first-order valence-corrected chi connectivity index (χ1v) is 10.3. The number of ether oxygens (including phenoxy) is 1. The largest absolute Gasteiger partial charge is 0.497 e. The number of rotatable bonds is 8. The van der Waals surface area contributed by atoms with Crippen molar-refractivity contribution in [2.24, 2.45) is 0 Å². The van der Waals surface area contributed by atoms with E-state index in [1.54, 1.807) is 31.4 Å². The number of amides is 1. The molecule has 1 aliphatic rings. The molecule has 154 valence electrons. The van der Waals surface area contributed by atoms with Gasteiger partial charge in [-0.15, -0.1) is 0 Å². The van der Waals surface area contributed by atoms with E-state index < -0.39 is 0 Å². The summed E-state index contributed by atoms with van der Waals surface area (Å²) in [7, 11) is 1.60. The molecule has 1 heterocycles. The number of piperazine rings is 1. The number of nitrogens with zero attached hydrogens (tertiary/aromatic N) is 2. The van der Waals surface area contributed by atoms with Crippen molar-refractivity contribution in [2.75, 3.05) is 33.3 Å². The van der Waals surface area contributed by atoms with Crippen molar-refractivity contribution < 1.29 is 14.3 Å². The van der Waals surface area contributed by atoms with Crippen LogP contribution >= 0.6 is 0 Å². The summed E-state index contributed by atoms with van der Waals surface area (Å²) in [4.78, 5) is 29.1. The molecule has 0 aromatic heterocycles. The molecule has 29 heavy (non-hydrogen) atoms. The molecule has 0 bridgehead atoms. The third-order valence-corrected chi connectivity index (χ3v) is 5.42. The zero-order chi connectivity index (χ0) is 20.6. The van der Waals surface area contributed by atoms with Gasteiger partial charge in [0.2, 0.25) is 5.91 Å². The van der Waals surface area contributed by atoms with Gasteiger partial charge >= 0.3 is 0 Å². The van der Waals surface area contributed by atoms with Gasteiger partial charge < -0.3 is 9.64 Å². The van der Waals surface area contributed by atoms with E-state index in [1.807, 2.05) is 4.90 Å². The van der Waals surface area contributed by atoms with Crippen molar-refractivity contribution in [3.05, 3.63) is 65.2 Å². The molecule has 1 saturated heterocycles. The summed E-state index contributed by atoms with van der Waals surface area (Å²) in [6.45, 7) is 6.35. The third kappa shape index (κ3) is 6.16. The molecule has 1 fully saturated rings. The van der Waals surface area contributed by atoms with Crippen molar-refractivity contribution in [1.82, 2.24) is 9.80 Å². The Morgan fingerprint density at radius 3 is 2.34 bits per heavy atom. The van der Waals surface area contributed by atoms with Crippen LogP contribution in [0.4, 0.5) is 0 Å². The second kappa shape index (κ2) is 10.2. The van der Waals surface area contributed by atoms with Crippen LogP contribution in [-0.4, -0.2) is 54.8 Å². The van der Waals surface area contributed by atoms with Crippen molar-refractivity contribution in [3.8, 4) is 5.75 Å². The highest BCUT2D eigenvalue weighted by Crippen LogP contribution is 2.15. The van der Waals surface area contributed by atoms with Crippen LogP contribution in [-0.2, 0) is 11.3 Å². The predicted octanol–water partition coefficient (Wildman–Crippen LogP) is 3.70. The lowest BCUT2D eigenvalue weighted by Crippen LogP contribution is -2.48. The summed E-state index contributed by atoms with van der Waals surface area (Å²) in [5.74, 6) is 0.962. The van der Waals surface area contributed by atoms with Gasteiger partial charge in [0.25, 0.3) is 0 Å². The topological polar surface area (TPSA) is 49.9 Å². The van der Waals surface area contributed by atoms with Gasteiger partial charge in [0, 0.05) is 51.1 Å². The Hall–Kier alpha value is -2.66.